The molecule has 0 bridgehead atoms. The third-order valence-electron chi connectivity index (χ3n) is 3.04. The van der Waals surface area contributed by atoms with Gasteiger partial charge in [-0.2, -0.15) is 26.3 Å². The van der Waals surface area contributed by atoms with Gasteiger partial charge in [-0.3, -0.25) is 4.79 Å². The van der Waals surface area contributed by atoms with Gasteiger partial charge in [-0.05, 0) is 19.1 Å². The Morgan fingerprint density at radius 2 is 1.65 bits per heavy atom. The van der Waals surface area contributed by atoms with E-state index < -0.39 is 35.9 Å². The van der Waals surface area contributed by atoms with Crippen molar-refractivity contribution in [2.45, 2.75) is 31.3 Å². The largest absolute Gasteiger partial charge is 0.467 e. The Hall–Kier alpha value is -1.73. The van der Waals surface area contributed by atoms with E-state index in [-0.39, 0.29) is 5.56 Å². The van der Waals surface area contributed by atoms with Gasteiger partial charge < -0.3 is 4.74 Å². The zero-order valence-corrected chi connectivity index (χ0v) is 10.0. The fourth-order valence-electron chi connectivity index (χ4n) is 1.97. The maximum atomic E-state index is 12.8. The topological polar surface area (TPSA) is 26.3 Å². The molecule has 2 nitrogen and oxygen atoms in total. The Bertz CT molecular complexity index is 544. The average Bonchev–Trinajstić information content (AvgIpc) is 2.26. The minimum absolute atomic E-state index is 0.269. The lowest BCUT2D eigenvalue weighted by molar-refractivity contribution is -0.356. The zero-order chi connectivity index (χ0) is 15.3. The highest BCUT2D eigenvalue weighted by molar-refractivity contribution is 6.00. The number of hydrogen-bond donors (Lipinski definition) is 0. The van der Waals surface area contributed by atoms with Crippen LogP contribution in [0, 0.1) is 6.92 Å². The molecule has 20 heavy (non-hydrogen) atoms. The zero-order valence-electron chi connectivity index (χ0n) is 10.0. The number of Topliss-reactive ketones (excluding diaryl/α,β-unsaturated/α-hetero) is 1. The van der Waals surface area contributed by atoms with Crippen molar-refractivity contribution in [2.24, 2.45) is 0 Å². The molecule has 8 heteroatoms. The second-order valence-corrected chi connectivity index (χ2v) is 4.52. The molecule has 0 spiro atoms. The van der Waals surface area contributed by atoms with Gasteiger partial charge in [0.25, 0.3) is 0 Å². The van der Waals surface area contributed by atoms with Gasteiger partial charge in [0.2, 0.25) is 0 Å². The number of alkyl halides is 6. The Balaban J connectivity index is 2.61. The van der Waals surface area contributed by atoms with E-state index in [1.165, 1.54) is 12.1 Å². The summed E-state index contributed by atoms with van der Waals surface area (Å²) in [5.74, 6) is -1.95. The molecule has 0 atom stereocenters. The van der Waals surface area contributed by atoms with E-state index in [1.807, 2.05) is 0 Å². The molecular weight excluding hydrogens is 290 g/mol. The molecular formula is C12H8F6O2. The summed E-state index contributed by atoms with van der Waals surface area (Å²) in [4.78, 5) is 11.7. The standard InChI is InChI=1S/C12H8F6O2/c1-6-2-3-9-7(4-6)8(19)5-10(20-9,11(13,14)15)12(16,17)18/h2-4H,5H2,1H3. The van der Waals surface area contributed by atoms with Crippen LogP contribution >= 0.6 is 0 Å². The normalized spacial score (nSPS) is 18.4. The molecule has 2 rings (SSSR count). The molecule has 0 saturated carbocycles. The summed E-state index contributed by atoms with van der Waals surface area (Å²) in [5.41, 5.74) is -4.22. The van der Waals surface area contributed by atoms with E-state index in [0.29, 0.717) is 5.56 Å². The van der Waals surface area contributed by atoms with Crippen molar-refractivity contribution >= 4 is 5.78 Å². The lowest BCUT2D eigenvalue weighted by atomic mass is 9.88. The molecule has 0 fully saturated rings. The van der Waals surface area contributed by atoms with E-state index in [4.69, 9.17) is 0 Å². The van der Waals surface area contributed by atoms with E-state index in [0.717, 1.165) is 6.07 Å². The first kappa shape index (κ1) is 14.7. The Labute approximate surface area is 109 Å². The molecule has 0 N–H and O–H groups in total. The summed E-state index contributed by atoms with van der Waals surface area (Å²) in [6.07, 6.45) is -13.3. The first-order valence-electron chi connectivity index (χ1n) is 5.44. The summed E-state index contributed by atoms with van der Waals surface area (Å²) in [6.45, 7) is 1.56. The quantitative estimate of drug-likeness (QED) is 0.681. The van der Waals surface area contributed by atoms with Crippen molar-refractivity contribution in [3.05, 3.63) is 29.3 Å². The number of aryl methyl sites for hydroxylation is 1. The molecule has 1 aromatic rings. The van der Waals surface area contributed by atoms with Crippen LogP contribution in [0.15, 0.2) is 18.2 Å². The van der Waals surface area contributed by atoms with Crippen molar-refractivity contribution in [3.63, 3.8) is 0 Å². The molecule has 1 aromatic carbocycles. The first-order valence-corrected chi connectivity index (χ1v) is 5.44. The average molecular weight is 298 g/mol. The highest BCUT2D eigenvalue weighted by atomic mass is 19.4. The van der Waals surface area contributed by atoms with Gasteiger partial charge in [0.05, 0.1) is 12.0 Å². The fourth-order valence-corrected chi connectivity index (χ4v) is 1.97. The van der Waals surface area contributed by atoms with E-state index in [9.17, 15) is 31.1 Å². The second kappa shape index (κ2) is 4.13. The molecule has 0 aromatic heterocycles. The molecule has 1 aliphatic heterocycles. The van der Waals surface area contributed by atoms with Crippen LogP contribution in [-0.2, 0) is 0 Å². The summed E-state index contributed by atoms with van der Waals surface area (Å²) >= 11 is 0. The smallest absolute Gasteiger partial charge is 0.437 e. The lowest BCUT2D eigenvalue weighted by Crippen LogP contribution is -2.63. The maximum Gasteiger partial charge on any atom is 0.437 e. The summed E-state index contributed by atoms with van der Waals surface area (Å²) in [5, 5.41) is 0. The van der Waals surface area contributed by atoms with Gasteiger partial charge >= 0.3 is 18.0 Å². The summed E-state index contributed by atoms with van der Waals surface area (Å²) in [6, 6.07) is 3.41. The minimum Gasteiger partial charge on any atom is -0.467 e. The molecule has 0 saturated heterocycles. The van der Waals surface area contributed by atoms with Crippen LogP contribution in [0.25, 0.3) is 0 Å². The third-order valence-corrected chi connectivity index (χ3v) is 3.04. The van der Waals surface area contributed by atoms with Crippen molar-refractivity contribution in [1.29, 1.82) is 0 Å². The lowest BCUT2D eigenvalue weighted by Gasteiger charge is -2.39. The molecule has 110 valence electrons. The van der Waals surface area contributed by atoms with Gasteiger partial charge in [0.15, 0.2) is 5.78 Å². The molecule has 0 amide bonds. The monoisotopic (exact) mass is 298 g/mol. The summed E-state index contributed by atoms with van der Waals surface area (Å²) < 4.78 is 81.3. The molecule has 0 radical (unpaired) electrons. The van der Waals surface area contributed by atoms with Crippen LogP contribution in [0.2, 0.25) is 0 Å². The van der Waals surface area contributed by atoms with Gasteiger partial charge in [0, 0.05) is 0 Å². The van der Waals surface area contributed by atoms with E-state index in [1.54, 1.807) is 6.92 Å². The van der Waals surface area contributed by atoms with Crippen LogP contribution < -0.4 is 4.74 Å². The maximum absolute atomic E-state index is 12.8. The predicted molar refractivity (Wildman–Crippen MR) is 55.6 cm³/mol. The highest BCUT2D eigenvalue weighted by Crippen LogP contribution is 2.51. The number of ether oxygens (including phenoxy) is 1. The van der Waals surface area contributed by atoms with Crippen molar-refractivity contribution < 1.29 is 35.9 Å². The molecule has 1 heterocycles. The van der Waals surface area contributed by atoms with E-state index >= 15 is 0 Å². The van der Waals surface area contributed by atoms with Crippen molar-refractivity contribution in [1.82, 2.24) is 0 Å². The number of hydrogen-bond acceptors (Lipinski definition) is 2. The van der Waals surface area contributed by atoms with Gasteiger partial charge in [0.1, 0.15) is 5.75 Å². The number of rotatable bonds is 0. The van der Waals surface area contributed by atoms with E-state index in [2.05, 4.69) is 4.74 Å². The van der Waals surface area contributed by atoms with Crippen LogP contribution in [0.5, 0.6) is 5.75 Å². The predicted octanol–water partition coefficient (Wildman–Crippen LogP) is 3.82. The van der Waals surface area contributed by atoms with Gasteiger partial charge in [-0.15, -0.1) is 0 Å². The van der Waals surface area contributed by atoms with Gasteiger partial charge in [-0.25, -0.2) is 0 Å². The third kappa shape index (κ3) is 2.03. The van der Waals surface area contributed by atoms with Gasteiger partial charge in [-0.1, -0.05) is 11.6 Å². The molecule has 0 aliphatic carbocycles. The minimum atomic E-state index is -5.75. The Morgan fingerprint density at radius 3 is 2.15 bits per heavy atom. The molecule has 0 unspecified atom stereocenters. The first-order chi connectivity index (χ1) is 8.98. The molecule has 1 aliphatic rings. The number of carbonyl (C=O) groups is 1. The second-order valence-electron chi connectivity index (χ2n) is 4.52. The Kier molecular flexibility index (Phi) is 3.03. The number of fused-ring (bicyclic) bond motifs is 1. The number of ketones is 1. The SMILES string of the molecule is Cc1ccc2c(c1)C(=O)CC(C(F)(F)F)(C(F)(F)F)O2. The Morgan fingerprint density at radius 1 is 1.10 bits per heavy atom. The number of benzene rings is 1. The van der Waals surface area contributed by atoms with Crippen molar-refractivity contribution in [3.8, 4) is 5.75 Å². The van der Waals surface area contributed by atoms with Crippen LogP contribution in [0.3, 0.4) is 0 Å². The van der Waals surface area contributed by atoms with Crippen LogP contribution in [-0.4, -0.2) is 23.7 Å². The highest BCUT2D eigenvalue weighted by Gasteiger charge is 2.75. The number of halogens is 6. The summed E-state index contributed by atoms with van der Waals surface area (Å²) in [7, 11) is 0. The fraction of sp³-hybridized carbons (Fsp3) is 0.417. The number of carbonyl (C=O) groups excluding carboxylic acids is 1. The van der Waals surface area contributed by atoms with Crippen LogP contribution in [0.1, 0.15) is 22.3 Å². The van der Waals surface area contributed by atoms with Crippen molar-refractivity contribution in [2.75, 3.05) is 0 Å². The van der Waals surface area contributed by atoms with Crippen LogP contribution in [0.4, 0.5) is 26.3 Å².